The molecular formula is C16HCl5F4O4. The summed E-state index contributed by atoms with van der Waals surface area (Å²) in [7, 11) is 0. The molecule has 29 heavy (non-hydrogen) atoms. The summed E-state index contributed by atoms with van der Waals surface area (Å²) in [5.41, 5.74) is 0. The first-order valence-electron chi connectivity index (χ1n) is 7.41. The number of fused-ring (bicyclic) bond motifs is 3. The van der Waals surface area contributed by atoms with Gasteiger partial charge in [0, 0.05) is 6.07 Å². The van der Waals surface area contributed by atoms with Crippen molar-refractivity contribution in [2.75, 3.05) is 0 Å². The van der Waals surface area contributed by atoms with Crippen LogP contribution in [0.5, 0.6) is 23.0 Å². The topological polar surface area (TPSA) is 36.9 Å². The van der Waals surface area contributed by atoms with Gasteiger partial charge in [-0.3, -0.25) is 0 Å². The molecule has 2 aliphatic rings. The van der Waals surface area contributed by atoms with Gasteiger partial charge in [0.25, 0.3) is 0 Å². The molecule has 0 unspecified atom stereocenters. The summed E-state index contributed by atoms with van der Waals surface area (Å²) < 4.78 is 74.8. The second-order valence-electron chi connectivity index (χ2n) is 5.93. The second kappa shape index (κ2) is 5.82. The molecule has 0 saturated carbocycles. The third-order valence-corrected chi connectivity index (χ3v) is 6.35. The Morgan fingerprint density at radius 1 is 0.552 bits per heavy atom. The Bertz CT molecular complexity index is 1280. The zero-order chi connectivity index (χ0) is 21.0. The third kappa shape index (κ3) is 2.59. The first kappa shape index (κ1) is 19.5. The molecule has 2 heterocycles. The Balaban J connectivity index is 2.13. The molecule has 0 aliphatic carbocycles. The van der Waals surface area contributed by atoms with Crippen molar-refractivity contribution in [3.8, 4) is 23.0 Å². The van der Waals surface area contributed by atoms with Crippen LogP contribution in [0.2, 0.25) is 25.1 Å². The van der Waals surface area contributed by atoms with Crippen LogP contribution < -0.4 is 18.9 Å². The van der Waals surface area contributed by atoms with E-state index in [1.807, 2.05) is 0 Å². The minimum Gasteiger partial charge on any atom is -0.398 e. The Labute approximate surface area is 182 Å². The highest BCUT2D eigenvalue weighted by molar-refractivity contribution is 6.56. The lowest BCUT2D eigenvalue weighted by molar-refractivity contribution is -0.314. The van der Waals surface area contributed by atoms with Crippen LogP contribution in [-0.4, -0.2) is 12.6 Å². The Kier molecular flexibility index (Phi) is 3.92. The minimum atomic E-state index is -4.17. The third-order valence-electron chi connectivity index (χ3n) is 4.26. The fourth-order valence-corrected chi connectivity index (χ4v) is 4.53. The summed E-state index contributed by atoms with van der Waals surface area (Å²) >= 11 is 30.5. The summed E-state index contributed by atoms with van der Waals surface area (Å²) in [6.45, 7) is 0. The lowest BCUT2D eigenvalue weighted by Gasteiger charge is -2.33. The zero-order valence-corrected chi connectivity index (χ0v) is 16.9. The van der Waals surface area contributed by atoms with E-state index in [0.29, 0.717) is 0 Å². The summed E-state index contributed by atoms with van der Waals surface area (Å²) in [6, 6.07) is 0.878. The largest absolute Gasteiger partial charge is 0.586 e. The van der Waals surface area contributed by atoms with Gasteiger partial charge in [0.2, 0.25) is 0 Å². The van der Waals surface area contributed by atoms with Crippen LogP contribution in [0.15, 0.2) is 6.07 Å². The fourth-order valence-electron chi connectivity index (χ4n) is 3.27. The molecular weight excluding hydrogens is 509 g/mol. The average molecular weight is 510 g/mol. The molecule has 3 aromatic carbocycles. The quantitative estimate of drug-likeness (QED) is 0.133. The number of hydrogen-bond acceptors (Lipinski definition) is 4. The maximum absolute atomic E-state index is 14.1. The van der Waals surface area contributed by atoms with Gasteiger partial charge in [-0.1, -0.05) is 58.0 Å². The van der Waals surface area contributed by atoms with E-state index in [0.717, 1.165) is 6.07 Å². The van der Waals surface area contributed by atoms with Gasteiger partial charge in [0.1, 0.15) is 5.75 Å². The minimum absolute atomic E-state index is 0.204. The predicted molar refractivity (Wildman–Crippen MR) is 98.9 cm³/mol. The average Bonchev–Trinajstić information content (AvgIpc) is 2.60. The van der Waals surface area contributed by atoms with Gasteiger partial charge in [-0.2, -0.15) is 0 Å². The van der Waals surface area contributed by atoms with Crippen LogP contribution in [0.3, 0.4) is 0 Å². The normalized spacial score (nSPS) is 18.1. The molecule has 152 valence electrons. The van der Waals surface area contributed by atoms with Crippen LogP contribution in [0, 0.1) is 0 Å². The van der Waals surface area contributed by atoms with Crippen molar-refractivity contribution in [1.82, 2.24) is 0 Å². The van der Waals surface area contributed by atoms with Gasteiger partial charge in [-0.25, -0.2) is 0 Å². The standard InChI is InChI=1S/C16HCl5F4O4/c17-2-1-3-4-7-12(2)27-16(24,25)29-14(7)6-5(13(4)28-15(22,23)26-3)8(18)10(20)11(21)9(6)19/h1H. The van der Waals surface area contributed by atoms with Crippen molar-refractivity contribution >= 4 is 79.5 Å². The van der Waals surface area contributed by atoms with E-state index in [1.165, 1.54) is 0 Å². The van der Waals surface area contributed by atoms with Gasteiger partial charge in [-0.15, -0.1) is 17.6 Å². The van der Waals surface area contributed by atoms with Crippen molar-refractivity contribution in [1.29, 1.82) is 0 Å². The molecule has 13 heteroatoms. The number of ether oxygens (including phenoxy) is 4. The molecule has 5 rings (SSSR count). The number of alkyl halides is 4. The van der Waals surface area contributed by atoms with Crippen molar-refractivity contribution in [2.24, 2.45) is 0 Å². The van der Waals surface area contributed by atoms with Crippen molar-refractivity contribution in [3.63, 3.8) is 0 Å². The summed E-state index contributed by atoms with van der Waals surface area (Å²) in [4.78, 5) is 0. The van der Waals surface area contributed by atoms with Gasteiger partial charge < -0.3 is 18.9 Å². The molecule has 0 saturated heterocycles. The maximum Gasteiger partial charge on any atom is 0.586 e. The molecule has 0 bridgehead atoms. The van der Waals surface area contributed by atoms with Crippen LogP contribution >= 0.6 is 58.0 Å². The fraction of sp³-hybridized carbons (Fsp3) is 0.125. The number of rotatable bonds is 0. The van der Waals surface area contributed by atoms with Gasteiger partial charge in [-0.05, 0) is 0 Å². The Morgan fingerprint density at radius 3 is 1.55 bits per heavy atom. The zero-order valence-electron chi connectivity index (χ0n) is 13.1. The molecule has 0 atom stereocenters. The molecule has 0 fully saturated rings. The highest BCUT2D eigenvalue weighted by atomic mass is 35.5. The molecule has 0 radical (unpaired) electrons. The van der Waals surface area contributed by atoms with E-state index in [2.05, 4.69) is 18.9 Å². The van der Waals surface area contributed by atoms with Crippen molar-refractivity contribution in [3.05, 3.63) is 31.2 Å². The molecule has 0 N–H and O–H groups in total. The number of benzene rings is 3. The first-order valence-corrected chi connectivity index (χ1v) is 9.30. The summed E-state index contributed by atoms with van der Waals surface area (Å²) in [5, 5.41) is -2.93. The molecule has 3 aromatic rings. The Morgan fingerprint density at radius 2 is 1.00 bits per heavy atom. The van der Waals surface area contributed by atoms with Crippen LogP contribution in [-0.2, 0) is 0 Å². The van der Waals surface area contributed by atoms with Gasteiger partial charge >= 0.3 is 12.6 Å². The number of hydrogen-bond donors (Lipinski definition) is 0. The van der Waals surface area contributed by atoms with E-state index >= 15 is 0 Å². The monoisotopic (exact) mass is 508 g/mol. The van der Waals surface area contributed by atoms with Gasteiger partial charge in [0.15, 0.2) is 17.2 Å². The highest BCUT2D eigenvalue weighted by Crippen LogP contribution is 2.61. The lowest BCUT2D eigenvalue weighted by Crippen LogP contribution is -2.37. The lowest BCUT2D eigenvalue weighted by atomic mass is 9.98. The van der Waals surface area contributed by atoms with Crippen molar-refractivity contribution < 1.29 is 36.5 Å². The van der Waals surface area contributed by atoms with E-state index in [4.69, 9.17) is 58.0 Å². The molecule has 2 aliphatic heterocycles. The maximum atomic E-state index is 14.1. The molecule has 0 amide bonds. The first-order chi connectivity index (χ1) is 13.4. The van der Waals surface area contributed by atoms with Crippen LogP contribution in [0.4, 0.5) is 17.6 Å². The van der Waals surface area contributed by atoms with Gasteiger partial charge in [0.05, 0.1) is 46.7 Å². The Hall–Kier alpha value is -1.45. The van der Waals surface area contributed by atoms with Crippen LogP contribution in [0.25, 0.3) is 21.5 Å². The van der Waals surface area contributed by atoms with Crippen molar-refractivity contribution in [2.45, 2.75) is 12.6 Å². The highest BCUT2D eigenvalue weighted by Gasteiger charge is 2.49. The summed E-state index contributed by atoms with van der Waals surface area (Å²) in [5.74, 6) is -2.17. The smallest absolute Gasteiger partial charge is 0.398 e. The molecule has 4 nitrogen and oxygen atoms in total. The summed E-state index contributed by atoms with van der Waals surface area (Å²) in [6.07, 6.45) is -8.31. The molecule has 0 aromatic heterocycles. The molecule has 0 spiro atoms. The van der Waals surface area contributed by atoms with Crippen LogP contribution in [0.1, 0.15) is 0 Å². The predicted octanol–water partition coefficient (Wildman–Crippen LogP) is 7.90. The SMILES string of the molecule is FC1(F)Oc2cc(Cl)c3c4c(c5c(Cl)c(Cl)c(Cl)c(Cl)c5c(c24)O1)OC(F)(F)O3. The van der Waals surface area contributed by atoms with E-state index in [9.17, 15) is 17.6 Å². The second-order valence-corrected chi connectivity index (χ2v) is 7.85. The van der Waals surface area contributed by atoms with E-state index in [-0.39, 0.29) is 41.6 Å². The van der Waals surface area contributed by atoms with E-state index in [1.54, 1.807) is 0 Å². The number of halogens is 9. The van der Waals surface area contributed by atoms with E-state index < -0.39 is 40.6 Å².